The summed E-state index contributed by atoms with van der Waals surface area (Å²) >= 11 is 0. The molecule has 0 radical (unpaired) electrons. The van der Waals surface area contributed by atoms with E-state index in [1.807, 2.05) is 0 Å². The zero-order valence-corrected chi connectivity index (χ0v) is 15.9. The molecule has 1 aliphatic rings. The van der Waals surface area contributed by atoms with Crippen LogP contribution in [0.5, 0.6) is 5.75 Å². The molecule has 0 aromatic heterocycles. The van der Waals surface area contributed by atoms with Crippen LogP contribution in [-0.4, -0.2) is 7.11 Å². The second kappa shape index (κ2) is 8.64. The summed E-state index contributed by atoms with van der Waals surface area (Å²) in [6.07, 6.45) is 9.50. The van der Waals surface area contributed by atoms with Gasteiger partial charge >= 0.3 is 0 Å². The Hall–Kier alpha value is -2.23. The third-order valence-corrected chi connectivity index (χ3v) is 5.23. The standard InChI is InChI=1S/C23H25F3O/c1-3-4-5-6-7-15-8-9-16-13-19(20(24)14-17(16)12-15)18-10-11-21(27-2)23(26)22(18)25/h8,10-11,13-14H,3-7,9,12H2,1-2H3. The number of benzene rings is 2. The van der Waals surface area contributed by atoms with Gasteiger partial charge in [0.05, 0.1) is 7.11 Å². The molecule has 0 bridgehead atoms. The molecule has 0 unspecified atom stereocenters. The highest BCUT2D eigenvalue weighted by Gasteiger charge is 2.20. The first-order chi connectivity index (χ1) is 13.0. The SMILES string of the molecule is CCCCCCC1=CCc2cc(-c3ccc(OC)c(F)c3F)c(F)cc2C1. The summed E-state index contributed by atoms with van der Waals surface area (Å²) in [4.78, 5) is 0. The van der Waals surface area contributed by atoms with Crippen LogP contribution >= 0.6 is 0 Å². The molecular weight excluding hydrogens is 349 g/mol. The van der Waals surface area contributed by atoms with Crippen LogP contribution in [0.2, 0.25) is 0 Å². The third kappa shape index (κ3) is 4.20. The monoisotopic (exact) mass is 374 g/mol. The van der Waals surface area contributed by atoms with Gasteiger partial charge in [-0.1, -0.05) is 37.8 Å². The van der Waals surface area contributed by atoms with Crippen molar-refractivity contribution in [2.24, 2.45) is 0 Å². The van der Waals surface area contributed by atoms with Crippen molar-refractivity contribution >= 4 is 0 Å². The molecule has 0 aliphatic heterocycles. The molecule has 0 spiro atoms. The zero-order valence-electron chi connectivity index (χ0n) is 15.9. The van der Waals surface area contributed by atoms with Crippen molar-refractivity contribution in [3.63, 3.8) is 0 Å². The molecule has 144 valence electrons. The van der Waals surface area contributed by atoms with Crippen LogP contribution in [0.25, 0.3) is 11.1 Å². The summed E-state index contributed by atoms with van der Waals surface area (Å²) in [5, 5.41) is 0. The van der Waals surface area contributed by atoms with E-state index in [0.29, 0.717) is 6.42 Å². The molecule has 3 rings (SSSR count). The van der Waals surface area contributed by atoms with Gasteiger partial charge in [-0.15, -0.1) is 0 Å². The minimum Gasteiger partial charge on any atom is -0.494 e. The second-order valence-corrected chi connectivity index (χ2v) is 7.10. The fourth-order valence-electron chi connectivity index (χ4n) is 3.66. The Bertz CT molecular complexity index is 855. The summed E-state index contributed by atoms with van der Waals surface area (Å²) in [5.74, 6) is -2.90. The Morgan fingerprint density at radius 2 is 1.74 bits per heavy atom. The zero-order chi connectivity index (χ0) is 19.4. The number of unbranched alkanes of at least 4 members (excludes halogenated alkanes) is 3. The summed E-state index contributed by atoms with van der Waals surface area (Å²) in [6.45, 7) is 2.19. The van der Waals surface area contributed by atoms with Crippen LogP contribution < -0.4 is 4.74 Å². The number of hydrogen-bond donors (Lipinski definition) is 0. The first-order valence-corrected chi connectivity index (χ1v) is 9.56. The van der Waals surface area contributed by atoms with E-state index in [4.69, 9.17) is 4.74 Å². The Morgan fingerprint density at radius 1 is 0.926 bits per heavy atom. The van der Waals surface area contributed by atoms with Gasteiger partial charge in [-0.2, -0.15) is 4.39 Å². The summed E-state index contributed by atoms with van der Waals surface area (Å²) in [6, 6.07) is 5.81. The predicted octanol–water partition coefficient (Wildman–Crippen LogP) is 6.77. The van der Waals surface area contributed by atoms with E-state index in [1.165, 1.54) is 50.1 Å². The minimum absolute atomic E-state index is 0.0806. The molecule has 1 nitrogen and oxygen atoms in total. The highest BCUT2D eigenvalue weighted by molar-refractivity contribution is 5.68. The van der Waals surface area contributed by atoms with E-state index < -0.39 is 17.5 Å². The topological polar surface area (TPSA) is 9.23 Å². The van der Waals surface area contributed by atoms with Crippen molar-refractivity contribution in [1.29, 1.82) is 0 Å². The normalized spacial score (nSPS) is 13.3. The van der Waals surface area contributed by atoms with Crippen molar-refractivity contribution in [2.45, 2.75) is 51.9 Å². The lowest BCUT2D eigenvalue weighted by molar-refractivity contribution is 0.372. The highest BCUT2D eigenvalue weighted by Crippen LogP contribution is 2.35. The maximum Gasteiger partial charge on any atom is 0.201 e. The molecule has 2 aromatic rings. The Kier molecular flexibility index (Phi) is 6.25. The lowest BCUT2D eigenvalue weighted by Crippen LogP contribution is -2.06. The molecule has 0 heterocycles. The smallest absolute Gasteiger partial charge is 0.201 e. The van der Waals surface area contributed by atoms with Crippen molar-refractivity contribution in [3.05, 3.63) is 64.5 Å². The molecule has 0 fully saturated rings. The number of hydrogen-bond acceptors (Lipinski definition) is 1. The fraction of sp³-hybridized carbons (Fsp3) is 0.391. The van der Waals surface area contributed by atoms with Gasteiger partial charge in [0, 0.05) is 11.1 Å². The largest absolute Gasteiger partial charge is 0.494 e. The Labute approximate surface area is 158 Å². The van der Waals surface area contributed by atoms with Crippen LogP contribution in [0, 0.1) is 17.5 Å². The van der Waals surface area contributed by atoms with E-state index in [2.05, 4.69) is 13.0 Å². The first-order valence-electron chi connectivity index (χ1n) is 9.56. The van der Waals surface area contributed by atoms with Gasteiger partial charge in [-0.05, 0) is 61.1 Å². The molecule has 0 N–H and O–H groups in total. The van der Waals surface area contributed by atoms with Gasteiger partial charge in [0.1, 0.15) is 5.82 Å². The van der Waals surface area contributed by atoms with E-state index in [9.17, 15) is 13.2 Å². The van der Waals surface area contributed by atoms with Crippen LogP contribution in [0.15, 0.2) is 35.9 Å². The molecule has 0 saturated carbocycles. The quantitative estimate of drug-likeness (QED) is 0.384. The van der Waals surface area contributed by atoms with E-state index >= 15 is 0 Å². The molecular formula is C23H25F3O. The van der Waals surface area contributed by atoms with Gasteiger partial charge in [-0.3, -0.25) is 0 Å². The van der Waals surface area contributed by atoms with Gasteiger partial charge in [0.2, 0.25) is 5.82 Å². The fourth-order valence-corrected chi connectivity index (χ4v) is 3.66. The van der Waals surface area contributed by atoms with Crippen molar-refractivity contribution in [3.8, 4) is 16.9 Å². The number of fused-ring (bicyclic) bond motifs is 1. The molecule has 0 atom stereocenters. The Morgan fingerprint density at radius 3 is 2.48 bits per heavy atom. The number of halogens is 3. The van der Waals surface area contributed by atoms with Gasteiger partial charge in [0.25, 0.3) is 0 Å². The number of rotatable bonds is 7. The molecule has 2 aromatic carbocycles. The first kappa shape index (κ1) is 19.5. The lowest BCUT2D eigenvalue weighted by atomic mass is 9.87. The van der Waals surface area contributed by atoms with Gasteiger partial charge in [-0.25, -0.2) is 8.78 Å². The van der Waals surface area contributed by atoms with Crippen LogP contribution in [0.3, 0.4) is 0 Å². The van der Waals surface area contributed by atoms with E-state index in [-0.39, 0.29) is 16.9 Å². The minimum atomic E-state index is -1.10. The predicted molar refractivity (Wildman–Crippen MR) is 103 cm³/mol. The van der Waals surface area contributed by atoms with Gasteiger partial charge < -0.3 is 4.74 Å². The van der Waals surface area contributed by atoms with Crippen molar-refractivity contribution in [1.82, 2.24) is 0 Å². The lowest BCUT2D eigenvalue weighted by Gasteiger charge is -2.19. The Balaban J connectivity index is 1.84. The highest BCUT2D eigenvalue weighted by atomic mass is 19.2. The molecule has 1 aliphatic carbocycles. The maximum absolute atomic E-state index is 14.7. The summed E-state index contributed by atoms with van der Waals surface area (Å²) < 4.78 is 47.9. The maximum atomic E-state index is 14.7. The number of methoxy groups -OCH3 is 1. The van der Waals surface area contributed by atoms with Crippen LogP contribution in [0.1, 0.15) is 50.2 Å². The number of ether oxygens (including phenoxy) is 1. The summed E-state index contributed by atoms with van der Waals surface area (Å²) in [7, 11) is 1.27. The van der Waals surface area contributed by atoms with Crippen LogP contribution in [0.4, 0.5) is 13.2 Å². The van der Waals surface area contributed by atoms with Gasteiger partial charge in [0.15, 0.2) is 11.6 Å². The molecule has 0 amide bonds. The van der Waals surface area contributed by atoms with Crippen molar-refractivity contribution in [2.75, 3.05) is 7.11 Å². The van der Waals surface area contributed by atoms with E-state index in [1.54, 1.807) is 6.07 Å². The van der Waals surface area contributed by atoms with E-state index in [0.717, 1.165) is 30.4 Å². The average molecular weight is 374 g/mol. The average Bonchev–Trinajstić information content (AvgIpc) is 2.67. The number of allylic oxidation sites excluding steroid dienone is 2. The third-order valence-electron chi connectivity index (χ3n) is 5.23. The summed E-state index contributed by atoms with van der Waals surface area (Å²) in [5.41, 5.74) is 3.26. The molecule has 4 heteroatoms. The van der Waals surface area contributed by atoms with Crippen LogP contribution in [-0.2, 0) is 12.8 Å². The van der Waals surface area contributed by atoms with Crippen molar-refractivity contribution < 1.29 is 17.9 Å². The molecule has 0 saturated heterocycles. The second-order valence-electron chi connectivity index (χ2n) is 7.10. The molecule has 27 heavy (non-hydrogen) atoms.